The minimum absolute atomic E-state index is 0.705. The molecule has 1 saturated heterocycles. The van der Waals surface area contributed by atoms with Crippen molar-refractivity contribution in [2.45, 2.75) is 58.5 Å². The van der Waals surface area contributed by atoms with E-state index in [1.165, 1.54) is 58.4 Å². The summed E-state index contributed by atoms with van der Waals surface area (Å²) < 4.78 is 0. The summed E-state index contributed by atoms with van der Waals surface area (Å²) in [5, 5.41) is 3.50. The van der Waals surface area contributed by atoms with Crippen LogP contribution in [0.1, 0.15) is 46.5 Å². The predicted octanol–water partition coefficient (Wildman–Crippen LogP) is 2.18. The Balaban J connectivity index is 2.24. The second kappa shape index (κ2) is 8.89. The summed E-state index contributed by atoms with van der Waals surface area (Å²) in [6, 6.07) is 1.44. The molecular weight excluding hydrogens is 222 g/mol. The molecule has 1 rings (SSSR count). The molecule has 1 aliphatic heterocycles. The lowest BCUT2D eigenvalue weighted by molar-refractivity contribution is 0.144. The van der Waals surface area contributed by atoms with Gasteiger partial charge in [0.1, 0.15) is 0 Å². The van der Waals surface area contributed by atoms with Crippen molar-refractivity contribution in [3.05, 3.63) is 0 Å². The first kappa shape index (κ1) is 15.9. The molecule has 2 atom stereocenters. The zero-order chi connectivity index (χ0) is 13.4. The third-order valence-electron chi connectivity index (χ3n) is 4.07. The standard InChI is InChI=1S/C15H33N3/c1-5-9-16-10-6-8-14(2)18-12-7-11-17(4)13-15(18)3/h14-16H,5-13H2,1-4H3. The summed E-state index contributed by atoms with van der Waals surface area (Å²) in [4.78, 5) is 5.18. The molecule has 0 aromatic heterocycles. The topological polar surface area (TPSA) is 18.5 Å². The van der Waals surface area contributed by atoms with Crippen molar-refractivity contribution < 1.29 is 0 Å². The molecular formula is C15H33N3. The van der Waals surface area contributed by atoms with Crippen LogP contribution < -0.4 is 5.32 Å². The van der Waals surface area contributed by atoms with Crippen LogP contribution in [0.4, 0.5) is 0 Å². The van der Waals surface area contributed by atoms with Crippen LogP contribution in [-0.4, -0.2) is 61.7 Å². The maximum Gasteiger partial charge on any atom is 0.0197 e. The molecule has 0 aliphatic carbocycles. The molecule has 18 heavy (non-hydrogen) atoms. The van der Waals surface area contributed by atoms with Gasteiger partial charge in [0.25, 0.3) is 0 Å². The minimum atomic E-state index is 0.705. The summed E-state index contributed by atoms with van der Waals surface area (Å²) >= 11 is 0. The highest BCUT2D eigenvalue weighted by Gasteiger charge is 2.23. The summed E-state index contributed by atoms with van der Waals surface area (Å²) in [7, 11) is 2.25. The molecule has 0 aromatic rings. The van der Waals surface area contributed by atoms with Crippen molar-refractivity contribution >= 4 is 0 Å². The molecule has 3 heteroatoms. The van der Waals surface area contributed by atoms with Gasteiger partial charge in [-0.2, -0.15) is 0 Å². The molecule has 2 unspecified atom stereocenters. The molecule has 0 aromatic carbocycles. The average Bonchev–Trinajstić information content (AvgIpc) is 2.49. The fraction of sp³-hybridized carbons (Fsp3) is 1.00. The van der Waals surface area contributed by atoms with E-state index in [9.17, 15) is 0 Å². The normalized spacial score (nSPS) is 25.0. The fourth-order valence-corrected chi connectivity index (χ4v) is 3.04. The third-order valence-corrected chi connectivity index (χ3v) is 4.07. The lowest BCUT2D eigenvalue weighted by Crippen LogP contribution is -2.43. The molecule has 0 saturated carbocycles. The zero-order valence-electron chi connectivity index (χ0n) is 12.9. The third kappa shape index (κ3) is 5.68. The Labute approximate surface area is 114 Å². The van der Waals surface area contributed by atoms with Crippen LogP contribution in [0.5, 0.6) is 0 Å². The van der Waals surface area contributed by atoms with Gasteiger partial charge in [-0.1, -0.05) is 6.92 Å². The van der Waals surface area contributed by atoms with Gasteiger partial charge in [0.05, 0.1) is 0 Å². The molecule has 3 nitrogen and oxygen atoms in total. The second-order valence-corrected chi connectivity index (χ2v) is 5.94. The van der Waals surface area contributed by atoms with Crippen LogP contribution in [-0.2, 0) is 0 Å². The van der Waals surface area contributed by atoms with Crippen molar-refractivity contribution in [3.63, 3.8) is 0 Å². The van der Waals surface area contributed by atoms with Gasteiger partial charge < -0.3 is 10.2 Å². The van der Waals surface area contributed by atoms with Gasteiger partial charge in [-0.15, -0.1) is 0 Å². The van der Waals surface area contributed by atoms with Gasteiger partial charge in [0.2, 0.25) is 0 Å². The molecule has 0 amide bonds. The molecule has 0 spiro atoms. The summed E-state index contributed by atoms with van der Waals surface area (Å²) in [6.45, 7) is 13.1. The van der Waals surface area contributed by atoms with Gasteiger partial charge >= 0.3 is 0 Å². The second-order valence-electron chi connectivity index (χ2n) is 5.94. The van der Waals surface area contributed by atoms with Crippen molar-refractivity contribution in [2.24, 2.45) is 0 Å². The Kier molecular flexibility index (Phi) is 7.87. The van der Waals surface area contributed by atoms with E-state index in [1.54, 1.807) is 0 Å². The fourth-order valence-electron chi connectivity index (χ4n) is 3.04. The maximum absolute atomic E-state index is 3.50. The molecule has 1 N–H and O–H groups in total. The summed E-state index contributed by atoms with van der Waals surface area (Å²) in [5.41, 5.74) is 0. The predicted molar refractivity (Wildman–Crippen MR) is 80.1 cm³/mol. The van der Waals surface area contributed by atoms with Crippen LogP contribution in [0.3, 0.4) is 0 Å². The number of nitrogens with one attached hydrogen (secondary N) is 1. The van der Waals surface area contributed by atoms with Gasteiger partial charge in [-0.05, 0) is 72.8 Å². The van der Waals surface area contributed by atoms with Crippen molar-refractivity contribution in [3.8, 4) is 0 Å². The Hall–Kier alpha value is -0.120. The first-order valence-electron chi connectivity index (χ1n) is 7.80. The van der Waals surface area contributed by atoms with Crippen LogP contribution in [0.25, 0.3) is 0 Å². The lowest BCUT2D eigenvalue weighted by Gasteiger charge is -2.33. The van der Waals surface area contributed by atoms with Crippen LogP contribution in [0.2, 0.25) is 0 Å². The number of nitrogens with zero attached hydrogens (tertiary/aromatic N) is 2. The first-order valence-corrected chi connectivity index (χ1v) is 7.80. The van der Waals surface area contributed by atoms with Crippen molar-refractivity contribution in [1.82, 2.24) is 15.1 Å². The Morgan fingerprint density at radius 1 is 1.28 bits per heavy atom. The number of likely N-dealkylation sites (N-methyl/N-ethyl adjacent to an activating group) is 1. The Morgan fingerprint density at radius 3 is 2.78 bits per heavy atom. The quantitative estimate of drug-likeness (QED) is 0.704. The van der Waals surface area contributed by atoms with Gasteiger partial charge in [-0.3, -0.25) is 4.90 Å². The number of hydrogen-bond donors (Lipinski definition) is 1. The van der Waals surface area contributed by atoms with Gasteiger partial charge in [-0.25, -0.2) is 0 Å². The minimum Gasteiger partial charge on any atom is -0.317 e. The number of rotatable bonds is 7. The van der Waals surface area contributed by atoms with Crippen molar-refractivity contribution in [2.75, 3.05) is 39.8 Å². The summed E-state index contributed by atoms with van der Waals surface area (Å²) in [6.07, 6.45) is 5.19. The molecule has 1 fully saturated rings. The Morgan fingerprint density at radius 2 is 2.06 bits per heavy atom. The van der Waals surface area contributed by atoms with Crippen LogP contribution >= 0.6 is 0 Å². The van der Waals surface area contributed by atoms with Crippen LogP contribution in [0, 0.1) is 0 Å². The van der Waals surface area contributed by atoms with Gasteiger partial charge in [0.15, 0.2) is 0 Å². The molecule has 108 valence electrons. The van der Waals surface area contributed by atoms with E-state index in [-0.39, 0.29) is 0 Å². The van der Waals surface area contributed by atoms with E-state index in [1.807, 2.05) is 0 Å². The largest absolute Gasteiger partial charge is 0.317 e. The van der Waals surface area contributed by atoms with E-state index in [2.05, 4.69) is 42.9 Å². The highest BCUT2D eigenvalue weighted by molar-refractivity contribution is 4.79. The van der Waals surface area contributed by atoms with E-state index in [0.29, 0.717) is 6.04 Å². The lowest BCUT2D eigenvalue weighted by atomic mass is 10.1. The Bertz CT molecular complexity index is 208. The molecule has 0 bridgehead atoms. The first-order chi connectivity index (χ1) is 8.65. The van der Waals surface area contributed by atoms with E-state index >= 15 is 0 Å². The van der Waals surface area contributed by atoms with E-state index in [4.69, 9.17) is 0 Å². The average molecular weight is 255 g/mol. The molecule has 0 radical (unpaired) electrons. The van der Waals surface area contributed by atoms with E-state index in [0.717, 1.165) is 6.04 Å². The van der Waals surface area contributed by atoms with Gasteiger partial charge in [0, 0.05) is 18.6 Å². The maximum atomic E-state index is 3.50. The summed E-state index contributed by atoms with van der Waals surface area (Å²) in [5.74, 6) is 0. The molecule has 1 heterocycles. The van der Waals surface area contributed by atoms with Crippen LogP contribution in [0.15, 0.2) is 0 Å². The van der Waals surface area contributed by atoms with Crippen molar-refractivity contribution in [1.29, 1.82) is 0 Å². The highest BCUT2D eigenvalue weighted by Crippen LogP contribution is 2.15. The monoisotopic (exact) mass is 255 g/mol. The SMILES string of the molecule is CCCNCCCC(C)N1CCCN(C)CC1C. The van der Waals surface area contributed by atoms with E-state index < -0.39 is 0 Å². The zero-order valence-corrected chi connectivity index (χ0v) is 12.9. The smallest absolute Gasteiger partial charge is 0.0197 e. The highest BCUT2D eigenvalue weighted by atomic mass is 15.2. The number of hydrogen-bond acceptors (Lipinski definition) is 3. The molecule has 1 aliphatic rings.